The number of hydrogen-bond acceptors (Lipinski definition) is 3. The summed E-state index contributed by atoms with van der Waals surface area (Å²) in [6, 6.07) is 1.67. The highest BCUT2D eigenvalue weighted by Gasteiger charge is 2.63. The van der Waals surface area contributed by atoms with Gasteiger partial charge >= 0.3 is 24.0 Å². The minimum absolute atomic E-state index is 0.458. The Kier molecular flexibility index (Phi) is 3.73. The average Bonchev–Trinajstić information content (AvgIpc) is 2.28. The van der Waals surface area contributed by atoms with Crippen LogP contribution < -0.4 is 5.32 Å². The van der Waals surface area contributed by atoms with Crippen LogP contribution in [0.3, 0.4) is 0 Å². The number of hydrogen-bond donors (Lipinski definition) is 2. The van der Waals surface area contributed by atoms with Crippen LogP contribution in [0.5, 0.6) is 0 Å². The van der Waals surface area contributed by atoms with Crippen LogP contribution in [-0.2, 0) is 4.79 Å². The first-order valence-corrected chi connectivity index (χ1v) is 4.51. The van der Waals surface area contributed by atoms with Crippen LogP contribution in [0.2, 0.25) is 0 Å². The largest absolute Gasteiger partial charge is 0.477 e. The number of nitrogens with one attached hydrogen (secondary N) is 1. The van der Waals surface area contributed by atoms with E-state index in [0.717, 1.165) is 12.1 Å². The molecule has 19 heavy (non-hydrogen) atoms. The molecule has 0 fully saturated rings. The second-order valence-corrected chi connectivity index (χ2v) is 3.26. The summed E-state index contributed by atoms with van der Waals surface area (Å²) in [5.74, 6) is -9.55. The fourth-order valence-corrected chi connectivity index (χ4v) is 0.933. The van der Waals surface area contributed by atoms with E-state index in [1.165, 1.54) is 5.32 Å². The molecule has 0 spiro atoms. The topological polar surface area (TPSA) is 79.3 Å². The molecule has 0 aromatic carbocycles. The zero-order valence-electron chi connectivity index (χ0n) is 8.83. The lowest BCUT2D eigenvalue weighted by molar-refractivity contribution is -0.267. The second kappa shape index (κ2) is 4.78. The van der Waals surface area contributed by atoms with Crippen LogP contribution in [0.25, 0.3) is 0 Å². The molecule has 0 unspecified atom stereocenters. The molecule has 0 aliphatic carbocycles. The molecule has 1 amide bonds. The number of amides is 1. The monoisotopic (exact) mass is 284 g/mol. The van der Waals surface area contributed by atoms with Crippen molar-refractivity contribution in [3.63, 3.8) is 0 Å². The maximum absolute atomic E-state index is 12.6. The van der Waals surface area contributed by atoms with Gasteiger partial charge in [0.15, 0.2) is 0 Å². The molecule has 2 N–H and O–H groups in total. The van der Waals surface area contributed by atoms with E-state index in [2.05, 4.69) is 4.98 Å². The summed E-state index contributed by atoms with van der Waals surface area (Å²) >= 11 is 0. The van der Waals surface area contributed by atoms with Gasteiger partial charge in [-0.05, 0) is 12.1 Å². The zero-order valence-corrected chi connectivity index (χ0v) is 8.83. The van der Waals surface area contributed by atoms with Gasteiger partial charge < -0.3 is 10.4 Å². The lowest BCUT2D eigenvalue weighted by Gasteiger charge is -2.18. The Morgan fingerprint density at radius 3 is 2.11 bits per heavy atom. The van der Waals surface area contributed by atoms with Crippen molar-refractivity contribution >= 4 is 17.6 Å². The Hall–Kier alpha value is -2.26. The molecule has 1 rings (SSSR count). The number of halogens is 5. The number of carbonyl (C=O) groups excluding carboxylic acids is 1. The first-order chi connectivity index (χ1) is 8.55. The molecule has 1 aromatic rings. The van der Waals surface area contributed by atoms with Gasteiger partial charge in [0, 0.05) is 0 Å². The minimum Gasteiger partial charge on any atom is -0.477 e. The first kappa shape index (κ1) is 14.8. The number of aromatic nitrogens is 1. The summed E-state index contributed by atoms with van der Waals surface area (Å²) in [6.45, 7) is 0. The van der Waals surface area contributed by atoms with E-state index in [0.29, 0.717) is 6.20 Å². The van der Waals surface area contributed by atoms with Crippen molar-refractivity contribution in [3.8, 4) is 0 Å². The summed E-state index contributed by atoms with van der Waals surface area (Å²) in [4.78, 5) is 24.4. The number of nitrogens with zero attached hydrogens (tertiary/aromatic N) is 1. The number of aromatic carboxylic acids is 1. The summed E-state index contributed by atoms with van der Waals surface area (Å²) in [7, 11) is 0. The van der Waals surface area contributed by atoms with Crippen molar-refractivity contribution in [3.05, 3.63) is 24.0 Å². The van der Waals surface area contributed by atoms with E-state index in [-0.39, 0.29) is 0 Å². The summed E-state index contributed by atoms with van der Waals surface area (Å²) < 4.78 is 60.7. The van der Waals surface area contributed by atoms with E-state index < -0.39 is 35.4 Å². The number of carboxylic acid groups (broad SMARTS) is 1. The molecule has 0 aliphatic rings. The maximum atomic E-state index is 12.6. The third kappa shape index (κ3) is 3.14. The van der Waals surface area contributed by atoms with Gasteiger partial charge in [-0.3, -0.25) is 4.79 Å². The Labute approximate surface area is 102 Å². The van der Waals surface area contributed by atoms with Crippen molar-refractivity contribution in [1.82, 2.24) is 4.98 Å². The third-order valence-corrected chi connectivity index (χ3v) is 1.88. The van der Waals surface area contributed by atoms with Gasteiger partial charge in [0.2, 0.25) is 0 Å². The normalized spacial score (nSPS) is 12.1. The van der Waals surface area contributed by atoms with Crippen LogP contribution in [0.1, 0.15) is 10.5 Å². The van der Waals surface area contributed by atoms with Crippen LogP contribution in [0, 0.1) is 0 Å². The molecular weight excluding hydrogens is 279 g/mol. The number of carboxylic acids is 1. The van der Waals surface area contributed by atoms with Crippen molar-refractivity contribution in [2.45, 2.75) is 12.1 Å². The molecule has 0 atom stereocenters. The number of carbonyl (C=O) groups is 2. The Morgan fingerprint density at radius 1 is 1.16 bits per heavy atom. The predicted molar refractivity (Wildman–Crippen MR) is 50.8 cm³/mol. The molecule has 104 valence electrons. The number of anilines is 1. The molecule has 1 aromatic heterocycles. The highest BCUT2D eigenvalue weighted by atomic mass is 19.4. The average molecular weight is 284 g/mol. The Morgan fingerprint density at radius 2 is 1.74 bits per heavy atom. The molecule has 10 heteroatoms. The van der Waals surface area contributed by atoms with E-state index in [4.69, 9.17) is 5.11 Å². The van der Waals surface area contributed by atoms with Gasteiger partial charge in [-0.1, -0.05) is 0 Å². The summed E-state index contributed by atoms with van der Waals surface area (Å²) in [5.41, 5.74) is -0.945. The van der Waals surface area contributed by atoms with E-state index in [9.17, 15) is 31.5 Å². The van der Waals surface area contributed by atoms with Crippen LogP contribution in [-0.4, -0.2) is 34.1 Å². The fraction of sp³-hybridized carbons (Fsp3) is 0.222. The highest BCUT2D eigenvalue weighted by molar-refractivity contribution is 5.96. The van der Waals surface area contributed by atoms with Crippen molar-refractivity contribution in [2.24, 2.45) is 0 Å². The van der Waals surface area contributed by atoms with Crippen LogP contribution in [0.4, 0.5) is 27.6 Å². The Bertz CT molecular complexity index is 498. The fourth-order valence-electron chi connectivity index (χ4n) is 0.933. The van der Waals surface area contributed by atoms with Crippen molar-refractivity contribution in [1.29, 1.82) is 0 Å². The van der Waals surface area contributed by atoms with Gasteiger partial charge in [0.25, 0.3) is 0 Å². The SMILES string of the molecule is O=C(O)c1ccc(NC(=O)C(F)(F)C(F)(F)F)cn1. The maximum Gasteiger partial charge on any atom is 0.463 e. The standard InChI is InChI=1S/C9H5F5N2O3/c10-8(11,9(12,13)14)7(19)16-4-1-2-5(6(17)18)15-3-4/h1-3H,(H,16,19)(H,17,18). The van der Waals surface area contributed by atoms with Crippen molar-refractivity contribution in [2.75, 3.05) is 5.32 Å². The van der Waals surface area contributed by atoms with Gasteiger partial charge in [0.05, 0.1) is 11.9 Å². The zero-order chi connectivity index (χ0) is 14.8. The molecule has 1 heterocycles. The lowest BCUT2D eigenvalue weighted by atomic mass is 10.3. The number of rotatable bonds is 3. The summed E-state index contributed by atoms with van der Waals surface area (Å²) in [6.07, 6.45) is -5.38. The first-order valence-electron chi connectivity index (χ1n) is 4.51. The quantitative estimate of drug-likeness (QED) is 0.831. The molecular formula is C9H5F5N2O3. The molecule has 0 saturated carbocycles. The molecule has 5 nitrogen and oxygen atoms in total. The number of alkyl halides is 5. The molecule has 0 radical (unpaired) electrons. The highest BCUT2D eigenvalue weighted by Crippen LogP contribution is 2.36. The smallest absolute Gasteiger partial charge is 0.463 e. The Balaban J connectivity index is 2.86. The van der Waals surface area contributed by atoms with Gasteiger partial charge in [-0.2, -0.15) is 22.0 Å². The molecule has 0 aliphatic heterocycles. The predicted octanol–water partition coefficient (Wildman–Crippen LogP) is 1.92. The minimum atomic E-state index is -6.02. The van der Waals surface area contributed by atoms with Gasteiger partial charge in [-0.25, -0.2) is 9.78 Å². The van der Waals surface area contributed by atoms with Crippen molar-refractivity contribution < 1.29 is 36.6 Å². The molecule has 0 bridgehead atoms. The lowest BCUT2D eigenvalue weighted by Crippen LogP contribution is -2.47. The van der Waals surface area contributed by atoms with Crippen LogP contribution in [0.15, 0.2) is 18.3 Å². The van der Waals surface area contributed by atoms with E-state index >= 15 is 0 Å². The van der Waals surface area contributed by atoms with Crippen LogP contribution >= 0.6 is 0 Å². The summed E-state index contributed by atoms with van der Waals surface area (Å²) in [5, 5.41) is 9.77. The second-order valence-electron chi connectivity index (χ2n) is 3.26. The van der Waals surface area contributed by atoms with Gasteiger partial charge in [-0.15, -0.1) is 0 Å². The number of pyridine rings is 1. The molecule has 0 saturated heterocycles. The van der Waals surface area contributed by atoms with E-state index in [1.54, 1.807) is 0 Å². The van der Waals surface area contributed by atoms with E-state index in [1.807, 2.05) is 0 Å². The third-order valence-electron chi connectivity index (χ3n) is 1.88. The van der Waals surface area contributed by atoms with Gasteiger partial charge in [0.1, 0.15) is 5.69 Å².